The summed E-state index contributed by atoms with van der Waals surface area (Å²) < 4.78 is 2.19. The zero-order chi connectivity index (χ0) is 13.9. The van der Waals surface area contributed by atoms with Crippen molar-refractivity contribution in [2.45, 2.75) is 32.4 Å². The van der Waals surface area contributed by atoms with Gasteiger partial charge in [0.15, 0.2) is 5.82 Å². The first kappa shape index (κ1) is 12.7. The third-order valence-corrected chi connectivity index (χ3v) is 3.56. The predicted molar refractivity (Wildman–Crippen MR) is 75.2 cm³/mol. The van der Waals surface area contributed by atoms with E-state index in [4.69, 9.17) is 5.73 Å². The SMILES string of the molecule is NC(=O)c1ccc(NCc2nnc3n2CCCC3)cc1. The number of aryl methyl sites for hydroxylation is 1. The van der Waals surface area contributed by atoms with Gasteiger partial charge in [-0.15, -0.1) is 10.2 Å². The highest BCUT2D eigenvalue weighted by atomic mass is 16.1. The van der Waals surface area contributed by atoms with Crippen molar-refractivity contribution >= 4 is 11.6 Å². The number of aromatic nitrogens is 3. The monoisotopic (exact) mass is 271 g/mol. The minimum atomic E-state index is -0.414. The third-order valence-electron chi connectivity index (χ3n) is 3.56. The molecule has 6 nitrogen and oxygen atoms in total. The fourth-order valence-electron chi connectivity index (χ4n) is 2.43. The molecule has 6 heteroatoms. The standard InChI is InChI=1S/C14H17N5O/c15-14(20)10-4-6-11(7-5-10)16-9-13-18-17-12-3-1-2-8-19(12)13/h4-7,16H,1-3,8-9H2,(H2,15,20). The van der Waals surface area contributed by atoms with Gasteiger partial charge in [-0.25, -0.2) is 0 Å². The maximum absolute atomic E-state index is 11.0. The molecule has 1 aromatic heterocycles. The van der Waals surface area contributed by atoms with E-state index in [2.05, 4.69) is 20.1 Å². The van der Waals surface area contributed by atoms with Crippen molar-refractivity contribution in [2.75, 3.05) is 5.32 Å². The maximum atomic E-state index is 11.0. The number of benzene rings is 1. The lowest BCUT2D eigenvalue weighted by atomic mass is 10.1. The summed E-state index contributed by atoms with van der Waals surface area (Å²) in [6.45, 7) is 1.63. The molecule has 3 rings (SSSR count). The Labute approximate surface area is 117 Å². The van der Waals surface area contributed by atoms with E-state index in [-0.39, 0.29) is 0 Å². The first-order chi connectivity index (χ1) is 9.74. The summed E-state index contributed by atoms with van der Waals surface area (Å²) in [7, 11) is 0. The predicted octanol–water partition coefficient (Wildman–Crippen LogP) is 1.33. The number of hydrogen-bond donors (Lipinski definition) is 2. The number of nitrogens with zero attached hydrogens (tertiary/aromatic N) is 3. The molecule has 0 radical (unpaired) electrons. The van der Waals surface area contributed by atoms with E-state index in [9.17, 15) is 4.79 Å². The topological polar surface area (TPSA) is 85.8 Å². The lowest BCUT2D eigenvalue weighted by Crippen LogP contribution is -2.15. The first-order valence-electron chi connectivity index (χ1n) is 6.79. The van der Waals surface area contributed by atoms with Crippen LogP contribution in [0.4, 0.5) is 5.69 Å². The molecule has 0 saturated heterocycles. The molecule has 1 aliphatic heterocycles. The average Bonchev–Trinajstić information content (AvgIpc) is 2.89. The molecule has 0 atom stereocenters. The van der Waals surface area contributed by atoms with Crippen molar-refractivity contribution in [3.8, 4) is 0 Å². The smallest absolute Gasteiger partial charge is 0.248 e. The molecule has 104 valence electrons. The highest BCUT2D eigenvalue weighted by Gasteiger charge is 2.15. The Morgan fingerprint density at radius 3 is 2.80 bits per heavy atom. The van der Waals surface area contributed by atoms with E-state index in [1.54, 1.807) is 12.1 Å². The van der Waals surface area contributed by atoms with Crippen molar-refractivity contribution < 1.29 is 4.79 Å². The fourth-order valence-corrected chi connectivity index (χ4v) is 2.43. The Balaban J connectivity index is 1.67. The lowest BCUT2D eigenvalue weighted by Gasteiger charge is -2.15. The highest BCUT2D eigenvalue weighted by Crippen LogP contribution is 2.16. The minimum absolute atomic E-state index is 0.414. The van der Waals surface area contributed by atoms with Gasteiger partial charge < -0.3 is 15.6 Å². The molecule has 0 spiro atoms. The molecule has 0 aliphatic carbocycles. The summed E-state index contributed by atoms with van der Waals surface area (Å²) in [5.41, 5.74) is 6.65. The van der Waals surface area contributed by atoms with Gasteiger partial charge in [-0.1, -0.05) is 0 Å². The molecule has 0 fully saturated rings. The molecular weight excluding hydrogens is 254 g/mol. The summed E-state index contributed by atoms with van der Waals surface area (Å²) in [6.07, 6.45) is 3.39. The number of carbonyl (C=O) groups excluding carboxylic acids is 1. The van der Waals surface area contributed by atoms with Crippen molar-refractivity contribution in [3.63, 3.8) is 0 Å². The van der Waals surface area contributed by atoms with E-state index in [1.807, 2.05) is 12.1 Å². The van der Waals surface area contributed by atoms with E-state index in [0.717, 1.165) is 30.3 Å². The van der Waals surface area contributed by atoms with Gasteiger partial charge in [0.2, 0.25) is 5.91 Å². The summed E-state index contributed by atoms with van der Waals surface area (Å²) >= 11 is 0. The highest BCUT2D eigenvalue weighted by molar-refractivity contribution is 5.93. The molecule has 1 amide bonds. The van der Waals surface area contributed by atoms with Crippen LogP contribution in [0.15, 0.2) is 24.3 Å². The number of primary amides is 1. The van der Waals surface area contributed by atoms with E-state index < -0.39 is 5.91 Å². The minimum Gasteiger partial charge on any atom is -0.378 e. The zero-order valence-corrected chi connectivity index (χ0v) is 11.2. The van der Waals surface area contributed by atoms with Gasteiger partial charge in [-0.3, -0.25) is 4.79 Å². The summed E-state index contributed by atoms with van der Waals surface area (Å²) in [5, 5.41) is 11.7. The van der Waals surface area contributed by atoms with E-state index in [0.29, 0.717) is 12.1 Å². The van der Waals surface area contributed by atoms with Crippen LogP contribution in [-0.2, 0) is 19.5 Å². The summed E-state index contributed by atoms with van der Waals surface area (Å²) in [4.78, 5) is 11.0. The van der Waals surface area contributed by atoms with Crippen molar-refractivity contribution in [3.05, 3.63) is 41.5 Å². The van der Waals surface area contributed by atoms with Gasteiger partial charge in [0.25, 0.3) is 0 Å². The van der Waals surface area contributed by atoms with Crippen LogP contribution in [0.2, 0.25) is 0 Å². The fraction of sp³-hybridized carbons (Fsp3) is 0.357. The largest absolute Gasteiger partial charge is 0.378 e. The number of rotatable bonds is 4. The van der Waals surface area contributed by atoms with Gasteiger partial charge in [0, 0.05) is 24.2 Å². The molecule has 0 bridgehead atoms. The maximum Gasteiger partial charge on any atom is 0.248 e. The van der Waals surface area contributed by atoms with Gasteiger partial charge in [0.05, 0.1) is 6.54 Å². The Morgan fingerprint density at radius 2 is 2.05 bits per heavy atom. The second kappa shape index (κ2) is 5.32. The number of amides is 1. The normalized spacial score (nSPS) is 13.8. The molecule has 0 saturated carbocycles. The summed E-state index contributed by atoms with van der Waals surface area (Å²) in [5.74, 6) is 1.62. The molecule has 3 N–H and O–H groups in total. The number of hydrogen-bond acceptors (Lipinski definition) is 4. The van der Waals surface area contributed by atoms with Crippen LogP contribution in [-0.4, -0.2) is 20.7 Å². The third kappa shape index (κ3) is 2.49. The number of carbonyl (C=O) groups is 1. The Bertz CT molecular complexity index is 617. The quantitative estimate of drug-likeness (QED) is 0.878. The second-order valence-electron chi connectivity index (χ2n) is 4.94. The second-order valence-corrected chi connectivity index (χ2v) is 4.94. The Morgan fingerprint density at radius 1 is 1.25 bits per heavy atom. The molecule has 1 aromatic carbocycles. The number of nitrogens with one attached hydrogen (secondary N) is 1. The van der Waals surface area contributed by atoms with Crippen LogP contribution in [0.25, 0.3) is 0 Å². The van der Waals surface area contributed by atoms with E-state index in [1.165, 1.54) is 12.8 Å². The Kier molecular flexibility index (Phi) is 3.37. The zero-order valence-electron chi connectivity index (χ0n) is 11.2. The number of anilines is 1. The van der Waals surface area contributed by atoms with Gasteiger partial charge >= 0.3 is 0 Å². The van der Waals surface area contributed by atoms with Crippen LogP contribution >= 0.6 is 0 Å². The van der Waals surface area contributed by atoms with Crippen LogP contribution < -0.4 is 11.1 Å². The van der Waals surface area contributed by atoms with Crippen molar-refractivity contribution in [1.29, 1.82) is 0 Å². The van der Waals surface area contributed by atoms with Crippen molar-refractivity contribution in [1.82, 2.24) is 14.8 Å². The van der Waals surface area contributed by atoms with Gasteiger partial charge in [0.1, 0.15) is 5.82 Å². The molecular formula is C14H17N5O. The molecule has 2 aromatic rings. The average molecular weight is 271 g/mol. The molecule has 0 unspecified atom stereocenters. The van der Waals surface area contributed by atoms with Gasteiger partial charge in [-0.2, -0.15) is 0 Å². The molecule has 1 aliphatic rings. The Hall–Kier alpha value is -2.37. The molecule has 20 heavy (non-hydrogen) atoms. The van der Waals surface area contributed by atoms with Gasteiger partial charge in [-0.05, 0) is 37.1 Å². The number of nitrogens with two attached hydrogens (primary N) is 1. The van der Waals surface area contributed by atoms with Crippen LogP contribution in [0.1, 0.15) is 34.8 Å². The summed E-state index contributed by atoms with van der Waals surface area (Å²) in [6, 6.07) is 7.11. The number of fused-ring (bicyclic) bond motifs is 1. The lowest BCUT2D eigenvalue weighted by molar-refractivity contribution is 0.100. The van der Waals surface area contributed by atoms with E-state index >= 15 is 0 Å². The first-order valence-corrected chi connectivity index (χ1v) is 6.79. The molecule has 2 heterocycles. The van der Waals surface area contributed by atoms with Crippen LogP contribution in [0.5, 0.6) is 0 Å². The van der Waals surface area contributed by atoms with Crippen LogP contribution in [0, 0.1) is 0 Å². The van der Waals surface area contributed by atoms with Crippen LogP contribution in [0.3, 0.4) is 0 Å². The van der Waals surface area contributed by atoms with Crippen molar-refractivity contribution in [2.24, 2.45) is 5.73 Å².